The van der Waals surface area contributed by atoms with Crippen molar-refractivity contribution in [1.82, 2.24) is 20.3 Å². The van der Waals surface area contributed by atoms with Gasteiger partial charge in [-0.1, -0.05) is 18.2 Å². The quantitative estimate of drug-likeness (QED) is 0.244. The Morgan fingerprint density at radius 1 is 1.21 bits per heavy atom. The number of nitrogens with zero attached hydrogens (tertiary/aromatic N) is 1. The van der Waals surface area contributed by atoms with Crippen molar-refractivity contribution >= 4 is 50.9 Å². The van der Waals surface area contributed by atoms with Crippen LogP contribution in [0.15, 0.2) is 29.3 Å². The van der Waals surface area contributed by atoms with Crippen molar-refractivity contribution in [3.05, 3.63) is 35.5 Å². The molecule has 2 aromatic rings. The fourth-order valence-corrected chi connectivity index (χ4v) is 4.18. The topological polar surface area (TPSA) is 98.4 Å². The molecule has 1 heterocycles. The SMILES string of the molecule is CCNC(=NCC(C)(C)NS(C)(=O)=O)NCCc1c(C)[nH]c2ccccc12.I. The number of aliphatic imine (C=N–C) groups is 1. The monoisotopic (exact) mass is 521 g/mol. The maximum Gasteiger partial charge on any atom is 0.209 e. The molecular formula is C19H32IN5O2S. The summed E-state index contributed by atoms with van der Waals surface area (Å²) in [6.45, 7) is 9.52. The van der Waals surface area contributed by atoms with Gasteiger partial charge in [-0.05, 0) is 45.7 Å². The molecule has 0 bridgehead atoms. The van der Waals surface area contributed by atoms with E-state index in [1.165, 1.54) is 16.6 Å². The number of aromatic nitrogens is 1. The third-order valence-corrected chi connectivity index (χ3v) is 5.06. The van der Waals surface area contributed by atoms with E-state index in [2.05, 4.69) is 50.5 Å². The first-order valence-electron chi connectivity index (χ1n) is 9.18. The Balaban J connectivity index is 0.00000392. The van der Waals surface area contributed by atoms with E-state index in [-0.39, 0.29) is 24.0 Å². The zero-order valence-corrected chi connectivity index (χ0v) is 20.4. The van der Waals surface area contributed by atoms with Crippen LogP contribution in [0.2, 0.25) is 0 Å². The summed E-state index contributed by atoms with van der Waals surface area (Å²) in [7, 11) is -3.28. The minimum absolute atomic E-state index is 0. The van der Waals surface area contributed by atoms with E-state index in [0.29, 0.717) is 12.5 Å². The van der Waals surface area contributed by atoms with Gasteiger partial charge in [0.1, 0.15) is 0 Å². The first-order chi connectivity index (χ1) is 12.6. The Morgan fingerprint density at radius 3 is 2.54 bits per heavy atom. The molecule has 0 atom stereocenters. The van der Waals surface area contributed by atoms with Gasteiger partial charge < -0.3 is 15.6 Å². The van der Waals surface area contributed by atoms with Crippen LogP contribution in [0.25, 0.3) is 10.9 Å². The summed E-state index contributed by atoms with van der Waals surface area (Å²) in [5, 5.41) is 7.79. The van der Waals surface area contributed by atoms with Crippen molar-refractivity contribution in [3.8, 4) is 0 Å². The molecule has 0 aliphatic carbocycles. The lowest BCUT2D eigenvalue weighted by molar-refractivity contribution is 0.464. The lowest BCUT2D eigenvalue weighted by Crippen LogP contribution is -2.47. The molecule has 0 saturated heterocycles. The molecule has 0 saturated carbocycles. The lowest BCUT2D eigenvalue weighted by Gasteiger charge is -2.23. The molecule has 2 rings (SSSR count). The molecule has 1 aromatic carbocycles. The van der Waals surface area contributed by atoms with E-state index < -0.39 is 15.6 Å². The number of guanidine groups is 1. The number of aryl methyl sites for hydroxylation is 1. The number of hydrogen-bond donors (Lipinski definition) is 4. The number of aromatic amines is 1. The highest BCUT2D eigenvalue weighted by molar-refractivity contribution is 14.0. The van der Waals surface area contributed by atoms with Gasteiger partial charge in [0.25, 0.3) is 0 Å². The molecule has 0 spiro atoms. The molecule has 4 N–H and O–H groups in total. The maximum atomic E-state index is 11.5. The van der Waals surface area contributed by atoms with Gasteiger partial charge in [-0.2, -0.15) is 0 Å². The van der Waals surface area contributed by atoms with Crippen molar-refractivity contribution < 1.29 is 8.42 Å². The third kappa shape index (κ3) is 7.59. The Hall–Kier alpha value is -1.33. The molecule has 7 nitrogen and oxygen atoms in total. The average Bonchev–Trinajstić information content (AvgIpc) is 2.86. The third-order valence-electron chi connectivity index (χ3n) is 4.13. The van der Waals surface area contributed by atoms with Crippen LogP contribution in [0.3, 0.4) is 0 Å². The van der Waals surface area contributed by atoms with Crippen molar-refractivity contribution in [2.24, 2.45) is 4.99 Å². The molecule has 0 aliphatic rings. The van der Waals surface area contributed by atoms with Crippen LogP contribution >= 0.6 is 24.0 Å². The number of para-hydroxylation sites is 1. The van der Waals surface area contributed by atoms with Crippen LogP contribution in [0, 0.1) is 6.92 Å². The number of benzene rings is 1. The van der Waals surface area contributed by atoms with Gasteiger partial charge in [0.15, 0.2) is 5.96 Å². The second-order valence-corrected chi connectivity index (χ2v) is 9.15. The molecule has 0 radical (unpaired) electrons. The second-order valence-electron chi connectivity index (χ2n) is 7.40. The smallest absolute Gasteiger partial charge is 0.209 e. The molecule has 0 amide bonds. The van der Waals surface area contributed by atoms with Crippen molar-refractivity contribution in [2.75, 3.05) is 25.9 Å². The highest BCUT2D eigenvalue weighted by Gasteiger charge is 2.21. The van der Waals surface area contributed by atoms with Crippen LogP contribution in [0.1, 0.15) is 32.0 Å². The fraction of sp³-hybridized carbons (Fsp3) is 0.526. The number of hydrogen-bond acceptors (Lipinski definition) is 3. The van der Waals surface area contributed by atoms with E-state index in [9.17, 15) is 8.42 Å². The van der Waals surface area contributed by atoms with Crippen LogP contribution < -0.4 is 15.4 Å². The van der Waals surface area contributed by atoms with E-state index in [1.807, 2.05) is 26.8 Å². The molecule has 1 aromatic heterocycles. The van der Waals surface area contributed by atoms with Gasteiger partial charge in [-0.25, -0.2) is 13.1 Å². The number of fused-ring (bicyclic) bond motifs is 1. The summed E-state index contributed by atoms with van der Waals surface area (Å²) in [6.07, 6.45) is 2.02. The Morgan fingerprint density at radius 2 is 1.89 bits per heavy atom. The number of nitrogens with one attached hydrogen (secondary N) is 4. The number of rotatable bonds is 8. The van der Waals surface area contributed by atoms with Gasteiger partial charge in [0.2, 0.25) is 10.0 Å². The summed E-state index contributed by atoms with van der Waals surface area (Å²) in [5.74, 6) is 0.679. The second kappa shape index (κ2) is 10.4. The lowest BCUT2D eigenvalue weighted by atomic mass is 10.1. The van der Waals surface area contributed by atoms with E-state index >= 15 is 0 Å². The van der Waals surface area contributed by atoms with Crippen molar-refractivity contribution in [1.29, 1.82) is 0 Å². The van der Waals surface area contributed by atoms with Crippen LogP contribution in [0.4, 0.5) is 0 Å². The summed E-state index contributed by atoms with van der Waals surface area (Å²) in [4.78, 5) is 7.95. The molecule has 158 valence electrons. The van der Waals surface area contributed by atoms with Gasteiger partial charge in [0, 0.05) is 35.2 Å². The zero-order valence-electron chi connectivity index (χ0n) is 17.2. The largest absolute Gasteiger partial charge is 0.358 e. The standard InChI is InChI=1S/C19H31N5O2S.HI/c1-6-20-18(22-13-19(3,4)24-27(5,25)26)21-12-11-15-14(2)23-17-10-8-7-9-16(15)17;/h7-10,23-24H,6,11-13H2,1-5H3,(H2,20,21,22);1H. The molecular weight excluding hydrogens is 489 g/mol. The first kappa shape index (κ1) is 24.7. The van der Waals surface area contributed by atoms with E-state index in [4.69, 9.17) is 0 Å². The molecule has 0 aliphatic heterocycles. The Bertz CT molecular complexity index is 906. The van der Waals surface area contributed by atoms with E-state index in [0.717, 1.165) is 31.3 Å². The minimum atomic E-state index is -3.28. The Kier molecular flexibility index (Phi) is 9.22. The van der Waals surface area contributed by atoms with Crippen molar-refractivity contribution in [2.45, 2.75) is 39.7 Å². The van der Waals surface area contributed by atoms with Crippen LogP contribution in [-0.2, 0) is 16.4 Å². The number of halogens is 1. The van der Waals surface area contributed by atoms with Crippen molar-refractivity contribution in [3.63, 3.8) is 0 Å². The first-order valence-corrected chi connectivity index (χ1v) is 11.1. The number of H-pyrrole nitrogens is 1. The van der Waals surface area contributed by atoms with Gasteiger partial charge in [-0.15, -0.1) is 24.0 Å². The fourth-order valence-electron chi connectivity index (χ4n) is 3.12. The zero-order chi connectivity index (χ0) is 20.1. The molecule has 28 heavy (non-hydrogen) atoms. The maximum absolute atomic E-state index is 11.5. The number of sulfonamides is 1. The summed E-state index contributed by atoms with van der Waals surface area (Å²) < 4.78 is 25.5. The highest BCUT2D eigenvalue weighted by Crippen LogP contribution is 2.21. The normalized spacial score (nSPS) is 12.7. The molecule has 9 heteroatoms. The van der Waals surface area contributed by atoms with Gasteiger partial charge >= 0.3 is 0 Å². The van der Waals surface area contributed by atoms with Crippen LogP contribution in [-0.4, -0.2) is 50.8 Å². The molecule has 0 unspecified atom stereocenters. The summed E-state index contributed by atoms with van der Waals surface area (Å²) in [5.41, 5.74) is 2.98. The predicted octanol–water partition coefficient (Wildman–Crippen LogP) is 2.52. The Labute approximate surface area is 185 Å². The highest BCUT2D eigenvalue weighted by atomic mass is 127. The summed E-state index contributed by atoms with van der Waals surface area (Å²) >= 11 is 0. The van der Waals surface area contributed by atoms with Crippen LogP contribution in [0.5, 0.6) is 0 Å². The summed E-state index contributed by atoms with van der Waals surface area (Å²) in [6, 6.07) is 8.30. The van der Waals surface area contributed by atoms with Gasteiger partial charge in [0.05, 0.1) is 12.8 Å². The molecule has 0 fully saturated rings. The average molecular weight is 521 g/mol. The van der Waals surface area contributed by atoms with Gasteiger partial charge in [-0.3, -0.25) is 4.99 Å². The predicted molar refractivity (Wildman–Crippen MR) is 128 cm³/mol. The van der Waals surface area contributed by atoms with E-state index in [1.54, 1.807) is 0 Å². The minimum Gasteiger partial charge on any atom is -0.358 e.